The quantitative estimate of drug-likeness (QED) is 0.704. The summed E-state index contributed by atoms with van der Waals surface area (Å²) in [6.45, 7) is 3.34. The largest absolute Gasteiger partial charge is 0.490 e. The first-order chi connectivity index (χ1) is 15.7. The van der Waals surface area contributed by atoms with Crippen LogP contribution in [0.1, 0.15) is 18.4 Å². The van der Waals surface area contributed by atoms with Gasteiger partial charge in [-0.2, -0.15) is 13.2 Å². The Labute approximate surface area is 188 Å². The molecular formula is C21H24F3N5O4. The molecule has 3 atom stereocenters. The van der Waals surface area contributed by atoms with E-state index in [4.69, 9.17) is 14.6 Å². The van der Waals surface area contributed by atoms with Crippen LogP contribution in [-0.4, -0.2) is 68.8 Å². The van der Waals surface area contributed by atoms with Crippen LogP contribution < -0.4 is 5.32 Å². The summed E-state index contributed by atoms with van der Waals surface area (Å²) in [5.41, 5.74) is 1.20. The lowest BCUT2D eigenvalue weighted by Gasteiger charge is -2.44. The molecule has 0 saturated carbocycles. The minimum atomic E-state index is -5.08. The lowest BCUT2D eigenvalue weighted by molar-refractivity contribution is -0.192. The minimum Gasteiger partial charge on any atom is -0.475 e. The Morgan fingerprint density at radius 1 is 1.18 bits per heavy atom. The smallest absolute Gasteiger partial charge is 0.475 e. The van der Waals surface area contributed by atoms with Gasteiger partial charge in [0.25, 0.3) is 0 Å². The Hall–Kier alpha value is -3.12. The van der Waals surface area contributed by atoms with Gasteiger partial charge in [-0.15, -0.1) is 0 Å². The average molecular weight is 467 g/mol. The molecule has 0 aliphatic carbocycles. The fraction of sp³-hybridized carbons (Fsp3) is 0.476. The molecule has 2 aliphatic rings. The van der Waals surface area contributed by atoms with E-state index in [-0.39, 0.29) is 23.8 Å². The Morgan fingerprint density at radius 3 is 2.58 bits per heavy atom. The van der Waals surface area contributed by atoms with Crippen LogP contribution in [0.3, 0.4) is 0 Å². The number of pyridine rings is 1. The van der Waals surface area contributed by atoms with Crippen LogP contribution in [0, 0.1) is 11.8 Å². The highest BCUT2D eigenvalue weighted by molar-refractivity contribution is 5.91. The van der Waals surface area contributed by atoms with Gasteiger partial charge in [-0.25, -0.2) is 9.78 Å². The zero-order valence-electron chi connectivity index (χ0n) is 17.6. The molecule has 2 aromatic heterocycles. The number of carbonyl (C=O) groups excluding carboxylic acids is 1. The van der Waals surface area contributed by atoms with Gasteiger partial charge in [0.05, 0.1) is 12.3 Å². The number of aromatic nitrogens is 3. The van der Waals surface area contributed by atoms with Crippen molar-refractivity contribution in [3.8, 4) is 0 Å². The topological polar surface area (TPSA) is 118 Å². The summed E-state index contributed by atoms with van der Waals surface area (Å²) >= 11 is 0. The first-order valence-electron chi connectivity index (χ1n) is 10.3. The van der Waals surface area contributed by atoms with Crippen LogP contribution in [-0.2, 0) is 20.9 Å². The molecule has 1 amide bonds. The molecule has 0 spiro atoms. The zero-order valence-corrected chi connectivity index (χ0v) is 17.6. The summed E-state index contributed by atoms with van der Waals surface area (Å²) in [6, 6.07) is 4.05. The monoisotopic (exact) mass is 467 g/mol. The molecule has 178 valence electrons. The molecule has 33 heavy (non-hydrogen) atoms. The number of carbonyl (C=O) groups is 2. The van der Waals surface area contributed by atoms with Crippen molar-refractivity contribution in [2.45, 2.75) is 31.7 Å². The second-order valence-corrected chi connectivity index (χ2v) is 7.74. The normalized spacial score (nSPS) is 22.9. The van der Waals surface area contributed by atoms with Crippen molar-refractivity contribution in [1.29, 1.82) is 0 Å². The predicted molar refractivity (Wildman–Crippen MR) is 110 cm³/mol. The van der Waals surface area contributed by atoms with Crippen molar-refractivity contribution in [2.75, 3.05) is 25.0 Å². The number of amides is 1. The van der Waals surface area contributed by atoms with Crippen molar-refractivity contribution < 1.29 is 32.6 Å². The molecule has 0 unspecified atom stereocenters. The lowest BCUT2D eigenvalue weighted by Crippen LogP contribution is -2.52. The van der Waals surface area contributed by atoms with Gasteiger partial charge in [0.15, 0.2) is 5.82 Å². The Kier molecular flexibility index (Phi) is 8.28. The Bertz CT molecular complexity index is 917. The molecule has 12 heteroatoms. The second-order valence-electron chi connectivity index (χ2n) is 7.74. The maximum Gasteiger partial charge on any atom is 0.490 e. The number of halogens is 3. The molecule has 2 saturated heterocycles. The number of nitrogens with zero attached hydrogens (tertiary/aromatic N) is 4. The number of piperidine rings is 1. The van der Waals surface area contributed by atoms with E-state index in [9.17, 15) is 18.0 Å². The van der Waals surface area contributed by atoms with Crippen LogP contribution in [0.15, 0.2) is 43.1 Å². The van der Waals surface area contributed by atoms with Crippen molar-refractivity contribution >= 4 is 17.7 Å². The maximum absolute atomic E-state index is 12.8. The number of carboxylic acid groups (broad SMARTS) is 1. The number of nitrogens with one attached hydrogen (secondary N) is 1. The third kappa shape index (κ3) is 7.19. The number of rotatable bonds is 4. The van der Waals surface area contributed by atoms with E-state index in [1.807, 2.05) is 12.3 Å². The average Bonchev–Trinajstić information content (AvgIpc) is 2.80. The molecule has 9 nitrogen and oxygen atoms in total. The molecule has 4 heterocycles. The lowest BCUT2D eigenvalue weighted by atomic mass is 9.79. The molecule has 2 N–H and O–H groups in total. The number of fused-ring (bicyclic) bond motifs is 1. The molecule has 2 aliphatic heterocycles. The maximum atomic E-state index is 12.8. The highest BCUT2D eigenvalue weighted by Gasteiger charge is 2.41. The van der Waals surface area contributed by atoms with E-state index in [1.54, 1.807) is 24.8 Å². The van der Waals surface area contributed by atoms with Gasteiger partial charge in [0.2, 0.25) is 5.91 Å². The molecular weight excluding hydrogens is 443 g/mol. The summed E-state index contributed by atoms with van der Waals surface area (Å²) in [4.78, 5) is 36.5. The number of ether oxygens (including phenoxy) is 1. The van der Waals surface area contributed by atoms with E-state index < -0.39 is 12.1 Å². The molecule has 4 rings (SSSR count). The summed E-state index contributed by atoms with van der Waals surface area (Å²) in [5, 5.41) is 10.0. The first-order valence-corrected chi connectivity index (χ1v) is 10.3. The summed E-state index contributed by atoms with van der Waals surface area (Å²) < 4.78 is 37.7. The van der Waals surface area contributed by atoms with Crippen molar-refractivity contribution in [3.05, 3.63) is 48.7 Å². The molecule has 2 fully saturated rings. The first kappa shape index (κ1) is 24.5. The minimum absolute atomic E-state index is 0.0204. The SMILES string of the molecule is O=C(Nc1cnccn1)[C@@H]1CCO[C@@H]2CCN(Cc3cccnc3)C[C@@H]21.O=C(O)C(F)(F)F. The standard InChI is InChI=1S/C19H23N5O2.C2HF3O2/c25-19(23-18-11-21-6-7-22-18)15-4-9-26-17-3-8-24(13-16(15)17)12-14-2-1-5-20-10-14;3-2(4,5)1(6)7/h1-2,5-7,10-11,15-17H,3-4,8-9,12-13H2,(H,22,23,25);(H,6,7)/t15-,16-,17-;/m1./s1. The van der Waals surface area contributed by atoms with Crippen LogP contribution in [0.5, 0.6) is 0 Å². The van der Waals surface area contributed by atoms with Crippen LogP contribution in [0.4, 0.5) is 19.0 Å². The van der Waals surface area contributed by atoms with E-state index >= 15 is 0 Å². The fourth-order valence-electron chi connectivity index (χ4n) is 3.99. The number of aliphatic carboxylic acids is 1. The van der Waals surface area contributed by atoms with E-state index in [1.165, 1.54) is 5.56 Å². The zero-order chi connectivity index (χ0) is 23.8. The molecule has 0 radical (unpaired) electrons. The number of likely N-dealkylation sites (tertiary alicyclic amines) is 1. The fourth-order valence-corrected chi connectivity index (χ4v) is 3.99. The van der Waals surface area contributed by atoms with Crippen molar-refractivity contribution in [1.82, 2.24) is 19.9 Å². The highest BCUT2D eigenvalue weighted by Crippen LogP contribution is 2.34. The predicted octanol–water partition coefficient (Wildman–Crippen LogP) is 2.37. The third-order valence-corrected chi connectivity index (χ3v) is 5.48. The van der Waals surface area contributed by atoms with E-state index in [0.717, 1.165) is 32.5 Å². The van der Waals surface area contributed by atoms with Gasteiger partial charge in [-0.1, -0.05) is 6.07 Å². The van der Waals surface area contributed by atoms with Gasteiger partial charge >= 0.3 is 12.1 Å². The van der Waals surface area contributed by atoms with Gasteiger partial charge < -0.3 is 15.2 Å². The Balaban J connectivity index is 0.000000383. The molecule has 2 aromatic rings. The number of alkyl halides is 3. The van der Waals surface area contributed by atoms with Crippen LogP contribution in [0.2, 0.25) is 0 Å². The van der Waals surface area contributed by atoms with E-state index in [2.05, 4.69) is 31.2 Å². The number of hydrogen-bond donors (Lipinski definition) is 2. The number of hydrogen-bond acceptors (Lipinski definition) is 7. The second kappa shape index (κ2) is 11.1. The summed E-state index contributed by atoms with van der Waals surface area (Å²) in [6.07, 6.45) is 5.22. The van der Waals surface area contributed by atoms with Gasteiger partial charge in [0, 0.05) is 62.9 Å². The number of carboxylic acids is 1. The van der Waals surface area contributed by atoms with Gasteiger partial charge in [-0.05, 0) is 24.5 Å². The summed E-state index contributed by atoms with van der Waals surface area (Å²) in [5.74, 6) is -2.10. The van der Waals surface area contributed by atoms with E-state index in [0.29, 0.717) is 12.4 Å². The number of anilines is 1. The van der Waals surface area contributed by atoms with Crippen molar-refractivity contribution in [3.63, 3.8) is 0 Å². The van der Waals surface area contributed by atoms with Crippen molar-refractivity contribution in [2.24, 2.45) is 11.8 Å². The molecule has 0 aromatic carbocycles. The third-order valence-electron chi connectivity index (χ3n) is 5.48. The highest BCUT2D eigenvalue weighted by atomic mass is 19.4. The van der Waals surface area contributed by atoms with Crippen LogP contribution in [0.25, 0.3) is 0 Å². The van der Waals surface area contributed by atoms with Gasteiger partial charge in [0.1, 0.15) is 0 Å². The summed E-state index contributed by atoms with van der Waals surface area (Å²) in [7, 11) is 0. The van der Waals surface area contributed by atoms with Gasteiger partial charge in [-0.3, -0.25) is 19.7 Å². The molecule has 0 bridgehead atoms. The van der Waals surface area contributed by atoms with Crippen LogP contribution >= 0.6 is 0 Å². The Morgan fingerprint density at radius 2 is 1.94 bits per heavy atom.